The van der Waals surface area contributed by atoms with Crippen LogP contribution in [0.4, 0.5) is 18.9 Å². The first-order valence-electron chi connectivity index (χ1n) is 10.7. The summed E-state index contributed by atoms with van der Waals surface area (Å²) in [7, 11) is -3.84. The molecule has 1 aromatic heterocycles. The van der Waals surface area contributed by atoms with Crippen molar-refractivity contribution >= 4 is 32.5 Å². The molecule has 1 amide bonds. The van der Waals surface area contributed by atoms with E-state index in [9.17, 15) is 26.4 Å². The fourth-order valence-electron chi connectivity index (χ4n) is 4.02. The topological polar surface area (TPSA) is 80.6 Å². The minimum absolute atomic E-state index is 0.110. The molecule has 0 unspecified atom stereocenters. The first-order valence-corrected chi connectivity index (χ1v) is 12.2. The van der Waals surface area contributed by atoms with Gasteiger partial charge in [-0.2, -0.15) is 17.5 Å². The number of para-hydroxylation sites is 1. The lowest BCUT2D eigenvalue weighted by molar-refractivity contribution is -0.153. The maximum Gasteiger partial charge on any atom is 0.422 e. The second kappa shape index (κ2) is 9.30. The first kappa shape index (κ1) is 24.1. The maximum atomic E-state index is 12.9. The van der Waals surface area contributed by atoms with Gasteiger partial charge in [-0.25, -0.2) is 8.42 Å². The molecule has 0 radical (unpaired) electrons. The fourth-order valence-corrected chi connectivity index (χ4v) is 5.57. The number of carbonyl (C=O) groups is 1. The van der Waals surface area contributed by atoms with Crippen LogP contribution in [0.2, 0.25) is 0 Å². The predicted octanol–water partition coefficient (Wildman–Crippen LogP) is 4.31. The number of aryl methyl sites for hydroxylation is 1. The van der Waals surface area contributed by atoms with Gasteiger partial charge >= 0.3 is 6.18 Å². The van der Waals surface area contributed by atoms with Gasteiger partial charge in [0.1, 0.15) is 12.3 Å². The minimum Gasteiger partial charge on any atom is -0.482 e. The number of amides is 1. The van der Waals surface area contributed by atoms with E-state index in [2.05, 4.69) is 5.32 Å². The third kappa shape index (κ3) is 5.20. The summed E-state index contributed by atoms with van der Waals surface area (Å²) in [4.78, 5) is 12.8. The quantitative estimate of drug-likeness (QED) is 0.530. The Kier molecular flexibility index (Phi) is 6.59. The zero-order valence-electron chi connectivity index (χ0n) is 18.4. The summed E-state index contributed by atoms with van der Waals surface area (Å²) in [5.41, 5.74) is 1.52. The molecule has 0 aliphatic carbocycles. The number of hydrogen-bond donors (Lipinski definition) is 1. The average molecular weight is 496 g/mol. The minimum atomic E-state index is -4.59. The normalized spacial score (nSPS) is 15.1. The van der Waals surface area contributed by atoms with E-state index in [4.69, 9.17) is 4.74 Å². The highest BCUT2D eigenvalue weighted by Crippen LogP contribution is 2.32. The second-order valence-electron chi connectivity index (χ2n) is 8.15. The van der Waals surface area contributed by atoms with Crippen LogP contribution in [0.1, 0.15) is 18.5 Å². The third-order valence-corrected chi connectivity index (χ3v) is 7.53. The lowest BCUT2D eigenvalue weighted by Gasteiger charge is -2.19. The number of rotatable bonds is 7. The fraction of sp³-hybridized carbons (Fsp3) is 0.348. The Morgan fingerprint density at radius 2 is 1.79 bits per heavy atom. The molecule has 2 aromatic carbocycles. The number of ether oxygens (including phenoxy) is 1. The van der Waals surface area contributed by atoms with E-state index in [1.807, 2.05) is 37.3 Å². The number of sulfonamides is 1. The highest BCUT2D eigenvalue weighted by molar-refractivity contribution is 7.89. The van der Waals surface area contributed by atoms with E-state index < -0.39 is 28.7 Å². The van der Waals surface area contributed by atoms with Crippen molar-refractivity contribution in [1.29, 1.82) is 0 Å². The highest BCUT2D eigenvalue weighted by Gasteiger charge is 2.31. The smallest absolute Gasteiger partial charge is 0.422 e. The molecular weight excluding hydrogens is 471 g/mol. The van der Waals surface area contributed by atoms with Gasteiger partial charge < -0.3 is 14.6 Å². The molecule has 3 aromatic rings. The zero-order valence-corrected chi connectivity index (χ0v) is 19.2. The largest absolute Gasteiger partial charge is 0.482 e. The number of halogens is 3. The van der Waals surface area contributed by atoms with Crippen LogP contribution in [0.15, 0.2) is 53.4 Å². The summed E-state index contributed by atoms with van der Waals surface area (Å²) in [6.45, 7) is 0.900. The molecule has 2 heterocycles. The van der Waals surface area contributed by atoms with E-state index in [0.717, 1.165) is 41.6 Å². The molecule has 1 fully saturated rings. The second-order valence-corrected chi connectivity index (χ2v) is 10.1. The number of nitrogens with zero attached hydrogens (tertiary/aromatic N) is 2. The van der Waals surface area contributed by atoms with Crippen molar-refractivity contribution in [2.45, 2.75) is 37.4 Å². The zero-order chi connectivity index (χ0) is 24.5. The number of benzene rings is 2. The highest BCUT2D eigenvalue weighted by atomic mass is 32.2. The standard InChI is InChI=1S/C23H24F3N3O4S/c1-16-12-17-6-2-3-7-20(17)29(16)14-22(30)27-19-13-18(34(31,32)28-10-4-5-11-28)8-9-21(19)33-15-23(24,25)26/h2-3,6-9,12-13H,4-5,10-11,14-15H2,1H3,(H,27,30). The van der Waals surface area contributed by atoms with Gasteiger partial charge in [0.15, 0.2) is 6.61 Å². The molecule has 182 valence electrons. The van der Waals surface area contributed by atoms with E-state index in [-0.39, 0.29) is 22.9 Å². The van der Waals surface area contributed by atoms with Gasteiger partial charge in [0.05, 0.1) is 10.6 Å². The summed E-state index contributed by atoms with van der Waals surface area (Å²) in [5, 5.41) is 3.49. The number of anilines is 1. The summed E-state index contributed by atoms with van der Waals surface area (Å²) >= 11 is 0. The summed E-state index contributed by atoms with van der Waals surface area (Å²) in [6.07, 6.45) is -3.12. The lowest BCUT2D eigenvalue weighted by Crippen LogP contribution is -2.28. The Labute approximate surface area is 195 Å². The van der Waals surface area contributed by atoms with Gasteiger partial charge in [0.25, 0.3) is 0 Å². The molecule has 0 bridgehead atoms. The molecule has 34 heavy (non-hydrogen) atoms. The summed E-state index contributed by atoms with van der Waals surface area (Å²) in [5.74, 6) is -0.794. The number of hydrogen-bond acceptors (Lipinski definition) is 4. The van der Waals surface area contributed by atoms with Crippen molar-refractivity contribution in [3.05, 3.63) is 54.2 Å². The average Bonchev–Trinajstić information content (AvgIpc) is 3.41. The van der Waals surface area contributed by atoms with Crippen molar-refractivity contribution in [2.75, 3.05) is 25.0 Å². The molecule has 7 nitrogen and oxygen atoms in total. The van der Waals surface area contributed by atoms with Crippen LogP contribution < -0.4 is 10.1 Å². The van der Waals surface area contributed by atoms with E-state index in [0.29, 0.717) is 13.1 Å². The molecule has 0 atom stereocenters. The summed E-state index contributed by atoms with van der Waals surface area (Å²) in [6, 6.07) is 12.9. The van der Waals surface area contributed by atoms with E-state index >= 15 is 0 Å². The van der Waals surface area contributed by atoms with Crippen molar-refractivity contribution in [2.24, 2.45) is 0 Å². The van der Waals surface area contributed by atoms with E-state index in [1.165, 1.54) is 10.4 Å². The summed E-state index contributed by atoms with van der Waals surface area (Å²) < 4.78 is 72.0. The molecule has 1 saturated heterocycles. The molecule has 1 N–H and O–H groups in total. The molecule has 0 spiro atoms. The number of nitrogens with one attached hydrogen (secondary N) is 1. The Balaban J connectivity index is 1.63. The van der Waals surface area contributed by atoms with Gasteiger partial charge in [-0.15, -0.1) is 0 Å². The molecular formula is C23H24F3N3O4S. The molecule has 11 heteroatoms. The van der Waals surface area contributed by atoms with Crippen LogP contribution in [0.25, 0.3) is 10.9 Å². The van der Waals surface area contributed by atoms with Crippen molar-refractivity contribution in [3.63, 3.8) is 0 Å². The number of alkyl halides is 3. The van der Waals surface area contributed by atoms with Crippen LogP contribution in [0.5, 0.6) is 5.75 Å². The lowest BCUT2D eigenvalue weighted by atomic mass is 10.2. The van der Waals surface area contributed by atoms with Crippen LogP contribution in [0.3, 0.4) is 0 Å². The maximum absolute atomic E-state index is 12.9. The van der Waals surface area contributed by atoms with Gasteiger partial charge in [-0.1, -0.05) is 18.2 Å². The van der Waals surface area contributed by atoms with Gasteiger partial charge in [-0.05, 0) is 55.5 Å². The number of fused-ring (bicyclic) bond motifs is 1. The predicted molar refractivity (Wildman–Crippen MR) is 121 cm³/mol. The van der Waals surface area contributed by atoms with Gasteiger partial charge in [-0.3, -0.25) is 4.79 Å². The SMILES string of the molecule is Cc1cc2ccccc2n1CC(=O)Nc1cc(S(=O)(=O)N2CCCC2)ccc1OCC(F)(F)F. The van der Waals surface area contributed by atoms with Crippen molar-refractivity contribution in [1.82, 2.24) is 8.87 Å². The van der Waals surface area contributed by atoms with Crippen LogP contribution in [-0.4, -0.2) is 49.1 Å². The molecule has 1 aliphatic rings. The monoisotopic (exact) mass is 495 g/mol. The number of carbonyl (C=O) groups excluding carboxylic acids is 1. The van der Waals surface area contributed by atoms with Crippen LogP contribution >= 0.6 is 0 Å². The molecule has 1 aliphatic heterocycles. The van der Waals surface area contributed by atoms with E-state index in [1.54, 1.807) is 4.57 Å². The van der Waals surface area contributed by atoms with Gasteiger partial charge in [0.2, 0.25) is 15.9 Å². The Hall–Kier alpha value is -3.05. The Bertz CT molecular complexity index is 1310. The third-order valence-electron chi connectivity index (χ3n) is 5.64. The van der Waals surface area contributed by atoms with Crippen LogP contribution in [0, 0.1) is 6.92 Å². The molecule has 0 saturated carbocycles. The van der Waals surface area contributed by atoms with Gasteiger partial charge in [0, 0.05) is 24.3 Å². The van der Waals surface area contributed by atoms with Crippen molar-refractivity contribution in [3.8, 4) is 5.75 Å². The van der Waals surface area contributed by atoms with Crippen molar-refractivity contribution < 1.29 is 31.1 Å². The van der Waals surface area contributed by atoms with Crippen LogP contribution in [-0.2, 0) is 21.4 Å². The molecule has 4 rings (SSSR count). The Morgan fingerprint density at radius 3 is 2.50 bits per heavy atom. The first-order chi connectivity index (χ1) is 16.0. The number of aromatic nitrogens is 1. The Morgan fingerprint density at radius 1 is 1.09 bits per heavy atom.